The fourth-order valence-corrected chi connectivity index (χ4v) is 13.3. The van der Waals surface area contributed by atoms with Crippen molar-refractivity contribution >= 4 is 39.5 Å². The summed E-state index contributed by atoms with van der Waals surface area (Å²) in [6.07, 6.45) is 67.3. The average molecular weight is 1430 g/mol. The summed E-state index contributed by atoms with van der Waals surface area (Å²) >= 11 is 0. The molecule has 0 radical (unpaired) electrons. The minimum atomic E-state index is -4.97. The number of aliphatic hydroxyl groups is 1. The van der Waals surface area contributed by atoms with Crippen molar-refractivity contribution in [2.75, 3.05) is 39.6 Å². The lowest BCUT2D eigenvalue weighted by Crippen LogP contribution is -2.30. The van der Waals surface area contributed by atoms with Gasteiger partial charge in [0.15, 0.2) is 12.2 Å². The van der Waals surface area contributed by atoms with E-state index in [9.17, 15) is 43.2 Å². The van der Waals surface area contributed by atoms with E-state index in [1.165, 1.54) is 212 Å². The standard InChI is InChI=1S/C79H150O17P2/c1-5-9-13-17-21-25-29-32-34-35-36-37-39-42-46-50-54-58-62-66-79(84)96-75(70-90-77(82)64-60-56-52-48-44-41-38-33-30-26-22-18-14-10-6-2)72-94-98(87,88)92-68-73(80)67-91-97(85,86)93-71-74(69-89-76(81)63-59-55-51-47-43-28-24-20-16-12-8-4)95-78(83)65-61-57-53-49-45-40-31-27-23-19-15-11-7-3/h26,30,33,38,73-75,80H,5-25,27-29,31-32,34-37,39-72H2,1-4H3,(H,85,86)(H,87,88)/b30-26-,38-33-/t73-,74+,75+/m0/s1. The van der Waals surface area contributed by atoms with Gasteiger partial charge in [-0.2, -0.15) is 0 Å². The number of phosphoric ester groups is 2. The van der Waals surface area contributed by atoms with Gasteiger partial charge in [0.25, 0.3) is 0 Å². The predicted octanol–water partition coefficient (Wildman–Crippen LogP) is 23.3. The molecule has 17 nitrogen and oxygen atoms in total. The zero-order valence-corrected chi connectivity index (χ0v) is 65.0. The fraction of sp³-hybridized carbons (Fsp3) is 0.899. The Labute approximate surface area is 599 Å². The summed E-state index contributed by atoms with van der Waals surface area (Å²) in [6.45, 7) is 4.94. The highest BCUT2D eigenvalue weighted by Crippen LogP contribution is 2.45. The summed E-state index contributed by atoms with van der Waals surface area (Å²) in [5.74, 6) is -2.14. The Morgan fingerprint density at radius 2 is 0.490 bits per heavy atom. The predicted molar refractivity (Wildman–Crippen MR) is 400 cm³/mol. The molecule has 0 spiro atoms. The van der Waals surface area contributed by atoms with E-state index in [4.69, 9.17) is 37.0 Å². The first-order chi connectivity index (χ1) is 47.7. The highest BCUT2D eigenvalue weighted by molar-refractivity contribution is 7.47. The topological polar surface area (TPSA) is 237 Å². The van der Waals surface area contributed by atoms with Crippen LogP contribution in [-0.2, 0) is 65.4 Å². The van der Waals surface area contributed by atoms with E-state index >= 15 is 0 Å². The van der Waals surface area contributed by atoms with Gasteiger partial charge >= 0.3 is 39.5 Å². The van der Waals surface area contributed by atoms with Gasteiger partial charge in [-0.1, -0.05) is 347 Å². The van der Waals surface area contributed by atoms with Crippen LogP contribution in [0.3, 0.4) is 0 Å². The minimum absolute atomic E-state index is 0.102. The molecule has 98 heavy (non-hydrogen) atoms. The third kappa shape index (κ3) is 71.9. The summed E-state index contributed by atoms with van der Waals surface area (Å²) in [6, 6.07) is 0. The first kappa shape index (κ1) is 95.5. The molecule has 0 aromatic rings. The van der Waals surface area contributed by atoms with E-state index < -0.39 is 97.5 Å². The Balaban J connectivity index is 5.27. The van der Waals surface area contributed by atoms with Gasteiger partial charge in [-0.05, 0) is 51.4 Å². The molecule has 0 aliphatic rings. The number of rotatable bonds is 78. The normalized spacial score (nSPS) is 14.0. The van der Waals surface area contributed by atoms with E-state index in [2.05, 4.69) is 52.0 Å². The molecule has 0 aromatic heterocycles. The second kappa shape index (κ2) is 72.9. The summed E-state index contributed by atoms with van der Waals surface area (Å²) in [7, 11) is -9.92. The van der Waals surface area contributed by atoms with Gasteiger partial charge in [0.05, 0.1) is 26.4 Å². The molecule has 0 saturated heterocycles. The van der Waals surface area contributed by atoms with Gasteiger partial charge in [-0.15, -0.1) is 0 Å². The number of carbonyl (C=O) groups is 4. The van der Waals surface area contributed by atoms with Crippen LogP contribution in [0.1, 0.15) is 400 Å². The van der Waals surface area contributed by atoms with Crippen LogP contribution in [0.5, 0.6) is 0 Å². The molecule has 0 rings (SSSR count). The van der Waals surface area contributed by atoms with Crippen molar-refractivity contribution in [3.63, 3.8) is 0 Å². The zero-order chi connectivity index (χ0) is 71.8. The lowest BCUT2D eigenvalue weighted by atomic mass is 10.0. The first-order valence-corrected chi connectivity index (χ1v) is 43.6. The van der Waals surface area contributed by atoms with Crippen LogP contribution >= 0.6 is 15.6 Å². The van der Waals surface area contributed by atoms with Gasteiger partial charge in [-0.25, -0.2) is 9.13 Å². The monoisotopic (exact) mass is 1430 g/mol. The third-order valence-corrected chi connectivity index (χ3v) is 19.9. The molecule has 0 bridgehead atoms. The van der Waals surface area contributed by atoms with Crippen LogP contribution in [0.25, 0.3) is 0 Å². The Hall–Kier alpha value is -2.46. The van der Waals surface area contributed by atoms with Crippen molar-refractivity contribution in [2.45, 2.75) is 418 Å². The molecule has 0 heterocycles. The van der Waals surface area contributed by atoms with Crippen LogP contribution in [0.4, 0.5) is 0 Å². The van der Waals surface area contributed by atoms with Crippen LogP contribution < -0.4 is 0 Å². The minimum Gasteiger partial charge on any atom is -0.462 e. The zero-order valence-electron chi connectivity index (χ0n) is 63.2. The Bertz CT molecular complexity index is 1950. The second-order valence-corrected chi connectivity index (χ2v) is 30.7. The van der Waals surface area contributed by atoms with Crippen molar-refractivity contribution in [3.8, 4) is 0 Å². The maximum Gasteiger partial charge on any atom is 0.472 e. The van der Waals surface area contributed by atoms with Crippen LogP contribution in [0, 0.1) is 0 Å². The Kier molecular flexibility index (Phi) is 71.0. The third-order valence-electron chi connectivity index (χ3n) is 18.0. The van der Waals surface area contributed by atoms with Crippen molar-refractivity contribution in [1.82, 2.24) is 0 Å². The van der Waals surface area contributed by atoms with Crippen molar-refractivity contribution in [1.29, 1.82) is 0 Å². The van der Waals surface area contributed by atoms with Crippen molar-refractivity contribution in [2.24, 2.45) is 0 Å². The summed E-state index contributed by atoms with van der Waals surface area (Å²) in [5.41, 5.74) is 0. The second-order valence-electron chi connectivity index (χ2n) is 27.8. The summed E-state index contributed by atoms with van der Waals surface area (Å²) < 4.78 is 68.6. The number of phosphoric acid groups is 2. The van der Waals surface area contributed by atoms with Gasteiger partial charge < -0.3 is 33.8 Å². The molecular formula is C79H150O17P2. The summed E-state index contributed by atoms with van der Waals surface area (Å²) in [5, 5.41) is 10.6. The number of carbonyl (C=O) groups excluding carboxylic acids is 4. The first-order valence-electron chi connectivity index (χ1n) is 40.6. The summed E-state index contributed by atoms with van der Waals surface area (Å²) in [4.78, 5) is 72.9. The number of hydrogen-bond acceptors (Lipinski definition) is 15. The molecule has 19 heteroatoms. The van der Waals surface area contributed by atoms with Gasteiger partial charge in [0, 0.05) is 25.7 Å². The quantitative estimate of drug-likeness (QED) is 0.0169. The largest absolute Gasteiger partial charge is 0.472 e. The molecule has 2 unspecified atom stereocenters. The van der Waals surface area contributed by atoms with E-state index in [1.54, 1.807) is 0 Å². The van der Waals surface area contributed by atoms with Gasteiger partial charge in [0.1, 0.15) is 19.3 Å². The van der Waals surface area contributed by atoms with Gasteiger partial charge in [-0.3, -0.25) is 37.3 Å². The molecule has 0 aliphatic heterocycles. The van der Waals surface area contributed by atoms with E-state index in [-0.39, 0.29) is 25.7 Å². The van der Waals surface area contributed by atoms with Gasteiger partial charge in [0.2, 0.25) is 0 Å². The number of aliphatic hydroxyl groups excluding tert-OH is 1. The van der Waals surface area contributed by atoms with Crippen LogP contribution in [0.2, 0.25) is 0 Å². The molecule has 3 N–H and O–H groups in total. The maximum absolute atomic E-state index is 13.1. The number of allylic oxidation sites excluding steroid dienone is 4. The van der Waals surface area contributed by atoms with Crippen molar-refractivity contribution in [3.05, 3.63) is 24.3 Å². The highest BCUT2D eigenvalue weighted by atomic mass is 31.2. The number of esters is 4. The molecule has 0 fully saturated rings. The molecule has 0 aliphatic carbocycles. The molecule has 5 atom stereocenters. The number of ether oxygens (including phenoxy) is 4. The van der Waals surface area contributed by atoms with Crippen molar-refractivity contribution < 1.29 is 80.2 Å². The molecular weight excluding hydrogens is 1280 g/mol. The fourth-order valence-electron chi connectivity index (χ4n) is 11.7. The number of unbranched alkanes of at least 4 members (excludes halogenated alkanes) is 49. The van der Waals surface area contributed by atoms with E-state index in [0.717, 1.165) is 109 Å². The van der Waals surface area contributed by atoms with E-state index in [1.807, 2.05) is 0 Å². The molecule has 578 valence electrons. The Morgan fingerprint density at radius 1 is 0.286 bits per heavy atom. The Morgan fingerprint density at radius 3 is 0.745 bits per heavy atom. The number of hydrogen-bond donors (Lipinski definition) is 3. The molecule has 0 aromatic carbocycles. The maximum atomic E-state index is 13.1. The SMILES string of the molecule is CCCCCC/C=C\C=C/CCCCCCCC(=O)OC[C@H](COP(=O)(O)OC[C@@H](O)COP(=O)(O)OC[C@@H](COC(=O)CCCCCCCCCCCCC)OC(=O)CCCCCCCCCCCCCCC)OC(=O)CCCCCCCCCCCCCCCCCCCCC. The molecule has 0 amide bonds. The van der Waals surface area contributed by atoms with Crippen LogP contribution in [0.15, 0.2) is 24.3 Å². The lowest BCUT2D eigenvalue weighted by molar-refractivity contribution is -0.161. The lowest BCUT2D eigenvalue weighted by Gasteiger charge is -2.21. The molecule has 0 saturated carbocycles. The smallest absolute Gasteiger partial charge is 0.462 e. The van der Waals surface area contributed by atoms with E-state index in [0.29, 0.717) is 25.7 Å². The highest BCUT2D eigenvalue weighted by Gasteiger charge is 2.30. The van der Waals surface area contributed by atoms with Crippen LogP contribution in [-0.4, -0.2) is 96.7 Å². The average Bonchev–Trinajstić information content (AvgIpc) is 1.01.